The summed E-state index contributed by atoms with van der Waals surface area (Å²) in [5.41, 5.74) is -4.66. The van der Waals surface area contributed by atoms with Crippen LogP contribution in [0.4, 0.5) is 77.5 Å². The number of fused-ring (bicyclic) bond motifs is 15. The number of nitrogens with zero attached hydrogens (tertiary/aromatic N) is 23. The molecule has 1 saturated heterocycles. The maximum absolute atomic E-state index is 14.3. The number of alkyl halides is 15. The molecule has 0 amide bonds. The fourth-order valence-electron chi connectivity index (χ4n) is 22.1. The van der Waals surface area contributed by atoms with Crippen molar-refractivity contribution < 1.29 is 104 Å². The molecule has 5 aliphatic carbocycles. The standard InChI is InChI=1S/C25H26ClF3N8O.C22H30BF3N4O3.C17H18BrF3N4O2.C16H18BrF3N4O.C15H16BrF3N4O/c1-35-21(4-7-31-35)32-20-9-17(18(26)10-30-20)16-8-19-22-33-34-23(24(5-3-6-24)25(27,28)29)37(22)12-15(14-38-2)11-36(19)13-16;1-19(2)20(3,4)33-23(32-19)15-9-16-17-27-28-18(21(7-6-8-21)22(24,25)26)30(17)11-14(13-31-5)10-29(16)12-15;1-10(26)27-9-11-6-24-8-12(18)5-13(24)14-22-23-15(25(14)7-11)16(3-2-4-16)17(19,20)21;1-25-9-10-6-23-8-11(17)5-12(23)13-21-22-14(24(13)7-10)15(3-2-4-15)16(18,19)20;16-10-4-11-12-20-21-13(14(2-1-3-14)15(17,18)19)23(12)6-9(8-24)5-22(11)7-10/h4,7-10,13,15H,3,5-6,11-12,14H2,1-2H3,(H,30,32);9,12,14H,6-8,10-11,13H2,1-5H3;5,8,11H,2-4,6-7,9H2,1H3;5,8,10H,2-4,6-7,9H2,1H3;4,7,9,24H,1-3,5-6,8H2. The van der Waals surface area contributed by atoms with Crippen molar-refractivity contribution in [3.8, 4) is 68.7 Å². The van der Waals surface area contributed by atoms with Gasteiger partial charge in [0.2, 0.25) is 0 Å². The number of esters is 1. The van der Waals surface area contributed by atoms with E-state index in [4.69, 9.17) is 39.9 Å². The minimum atomic E-state index is -4.40. The summed E-state index contributed by atoms with van der Waals surface area (Å²) in [6.45, 7) is 15.1. The van der Waals surface area contributed by atoms with Crippen molar-refractivity contribution in [3.63, 3.8) is 0 Å². The van der Waals surface area contributed by atoms with Gasteiger partial charge in [-0.2, -0.15) is 71.0 Å². The molecule has 792 valence electrons. The van der Waals surface area contributed by atoms with Crippen molar-refractivity contribution in [1.29, 1.82) is 0 Å². The lowest BCUT2D eigenvalue weighted by molar-refractivity contribution is -0.216. The molecule has 5 atom stereocenters. The van der Waals surface area contributed by atoms with Gasteiger partial charge in [0.15, 0.2) is 29.1 Å². The van der Waals surface area contributed by atoms with Crippen molar-refractivity contribution in [2.45, 2.75) is 266 Å². The van der Waals surface area contributed by atoms with E-state index in [1.807, 2.05) is 131 Å². The van der Waals surface area contributed by atoms with Gasteiger partial charge < -0.3 is 84.4 Å². The molecule has 0 aromatic carbocycles. The lowest BCUT2D eigenvalue weighted by Crippen LogP contribution is -2.50. The number of carbonyl (C=O) groups excluding carboxylic acids is 1. The molecule has 12 aromatic heterocycles. The minimum Gasteiger partial charge on any atom is -0.465 e. The second-order valence-electron chi connectivity index (χ2n) is 41.4. The summed E-state index contributed by atoms with van der Waals surface area (Å²) in [7, 11) is 6.05. The molecule has 12 aromatic rings. The zero-order valence-electron chi connectivity index (χ0n) is 81.5. The molecule has 5 saturated carbocycles. The van der Waals surface area contributed by atoms with E-state index in [2.05, 4.69) is 114 Å². The highest BCUT2D eigenvalue weighted by Crippen LogP contribution is 2.61. The number of aromatic nitrogens is 23. The van der Waals surface area contributed by atoms with Crippen LogP contribution in [0.1, 0.15) is 160 Å². The molecule has 0 radical (unpaired) electrons. The van der Waals surface area contributed by atoms with E-state index in [1.54, 1.807) is 61.2 Å². The molecule has 6 aliphatic heterocycles. The third-order valence-electron chi connectivity index (χ3n) is 31.4. The molecule has 11 aliphatic rings. The number of aliphatic hydroxyl groups is 1. The average molecular weight is 2290 g/mol. The van der Waals surface area contributed by atoms with Gasteiger partial charge in [0.1, 0.15) is 67.8 Å². The van der Waals surface area contributed by atoms with Gasteiger partial charge in [0.05, 0.1) is 77.3 Å². The Morgan fingerprint density at radius 1 is 0.442 bits per heavy atom. The normalized spacial score (nSPS) is 21.7. The van der Waals surface area contributed by atoms with Crippen molar-refractivity contribution in [2.75, 3.05) is 59.7 Å². The van der Waals surface area contributed by atoms with E-state index >= 15 is 0 Å². The first-order chi connectivity index (χ1) is 69.5. The number of rotatable bonds is 18. The number of methoxy groups -OCH3 is 3. The van der Waals surface area contributed by atoms with Crippen LogP contribution in [0.15, 0.2) is 99.3 Å². The summed E-state index contributed by atoms with van der Waals surface area (Å²) in [6.07, 6.45) is -5.97. The molecule has 18 heterocycles. The van der Waals surface area contributed by atoms with Crippen LogP contribution in [0, 0.1) is 29.6 Å². The minimum absolute atomic E-state index is 0.00633. The van der Waals surface area contributed by atoms with Crippen LogP contribution in [0.25, 0.3) is 68.7 Å². The van der Waals surface area contributed by atoms with Gasteiger partial charge >= 0.3 is 44.0 Å². The Bertz CT molecular complexity index is 6820. The van der Waals surface area contributed by atoms with Crippen LogP contribution >= 0.6 is 59.4 Å². The van der Waals surface area contributed by atoms with E-state index in [0.717, 1.165) is 41.5 Å². The summed E-state index contributed by atoms with van der Waals surface area (Å²) >= 11 is 16.8. The second kappa shape index (κ2) is 39.5. The van der Waals surface area contributed by atoms with Crippen molar-refractivity contribution in [1.82, 2.24) is 111 Å². The van der Waals surface area contributed by atoms with Crippen LogP contribution in [0.5, 0.6) is 0 Å². The molecule has 6 fully saturated rings. The van der Waals surface area contributed by atoms with Gasteiger partial charge in [0, 0.05) is 210 Å². The Balaban J connectivity index is 0.000000117. The zero-order chi connectivity index (χ0) is 105. The lowest BCUT2D eigenvalue weighted by Gasteiger charge is -2.42. The quantitative estimate of drug-likeness (QED) is 0.0458. The number of anilines is 2. The summed E-state index contributed by atoms with van der Waals surface area (Å²) in [6, 6.07) is 13.0. The van der Waals surface area contributed by atoms with Crippen LogP contribution in [-0.2, 0) is 133 Å². The molecule has 5 unspecified atom stereocenters. The molecular weight excluding hydrogens is 2180 g/mol. The van der Waals surface area contributed by atoms with Gasteiger partial charge in [-0.05, 0) is 176 Å². The number of hydrogen-bond acceptors (Lipinski definition) is 21. The fourth-order valence-corrected chi connectivity index (χ4v) is 23.7. The Morgan fingerprint density at radius 2 is 0.748 bits per heavy atom. The van der Waals surface area contributed by atoms with Crippen LogP contribution in [0.3, 0.4) is 0 Å². The Hall–Kier alpha value is -9.77. The first-order valence-electron chi connectivity index (χ1n) is 48.5. The number of aliphatic hydroxyl groups excluding tert-OH is 1. The summed E-state index contributed by atoms with van der Waals surface area (Å²) in [4.78, 5) is 15.6. The third-order valence-corrected chi connectivity index (χ3v) is 33.0. The lowest BCUT2D eigenvalue weighted by atomic mass is 9.67. The highest BCUT2D eigenvalue weighted by molar-refractivity contribution is 9.11. The maximum Gasteiger partial charge on any atom is 0.496 e. The van der Waals surface area contributed by atoms with Crippen molar-refractivity contribution in [3.05, 3.63) is 133 Å². The van der Waals surface area contributed by atoms with Crippen LogP contribution in [-0.4, -0.2) is 226 Å². The number of pyridine rings is 1. The SMILES string of the molecule is CC(=O)OCC1Cn2cc(Br)cc2-c2nnc(C3(C(F)(F)F)CCC3)n2C1.COCC1Cn2cc(-c3cc(Nc4ccnn4C)ncc3Cl)cc2-c2nnc(C3(C(F)(F)F)CCC3)n2C1.COCC1Cn2cc(B3OC(C)(C)C(C)(C)O3)cc2-c2nnc(C3(C(F)(F)F)CCC3)n2C1.COCC1Cn2cc(Br)cc2-c2nnc(C3(C(F)(F)F)CCC3)n2C1.OCC1Cn2cc(Br)cc2-c2nnc(C3(C(F)(F)F)CCC3)n2C1. The van der Waals surface area contributed by atoms with E-state index in [0.29, 0.717) is 167 Å². The van der Waals surface area contributed by atoms with E-state index < -0.39 is 82.2 Å². The molecule has 0 spiro atoms. The smallest absolute Gasteiger partial charge is 0.465 e. The number of hydrogen-bond donors (Lipinski definition) is 2. The predicted octanol–water partition coefficient (Wildman–Crippen LogP) is 19.1. The molecule has 2 N–H and O–H groups in total. The van der Waals surface area contributed by atoms with Crippen molar-refractivity contribution in [2.24, 2.45) is 36.6 Å². The van der Waals surface area contributed by atoms with Gasteiger partial charge in [-0.3, -0.25) is 9.48 Å². The van der Waals surface area contributed by atoms with Gasteiger partial charge in [-0.1, -0.05) is 43.7 Å². The van der Waals surface area contributed by atoms with E-state index in [-0.39, 0.29) is 149 Å². The summed E-state index contributed by atoms with van der Waals surface area (Å²) in [5.74, 6) is 2.70. The number of aryl methyl sites for hydroxylation is 1. The second-order valence-corrected chi connectivity index (χ2v) is 44.6. The highest BCUT2D eigenvalue weighted by atomic mass is 79.9. The monoisotopic (exact) mass is 2280 g/mol. The maximum atomic E-state index is 14.3. The molecule has 52 heteroatoms. The van der Waals surface area contributed by atoms with Gasteiger partial charge in [0.25, 0.3) is 0 Å². The first kappa shape index (κ1) is 106. The Labute approximate surface area is 863 Å². The van der Waals surface area contributed by atoms with Crippen LogP contribution < -0.4 is 10.8 Å². The largest absolute Gasteiger partial charge is 0.496 e. The predicted molar refractivity (Wildman–Crippen MR) is 516 cm³/mol. The molecule has 147 heavy (non-hydrogen) atoms. The Kier molecular flexibility index (Phi) is 28.4. The number of halogens is 19. The third kappa shape index (κ3) is 18.9. The average Bonchev–Trinajstić information content (AvgIpc) is 1.70. The number of carbonyl (C=O) groups is 1. The molecule has 0 bridgehead atoms. The van der Waals surface area contributed by atoms with E-state index in [1.165, 1.54) is 6.92 Å². The summed E-state index contributed by atoms with van der Waals surface area (Å²) in [5, 5.41) is 58.7. The van der Waals surface area contributed by atoms with Crippen molar-refractivity contribution >= 4 is 89.6 Å². The first-order valence-corrected chi connectivity index (χ1v) is 51.3. The number of nitrogens with one attached hydrogen (secondary N) is 1. The summed E-state index contributed by atoms with van der Waals surface area (Å²) < 4.78 is 265. The molecule has 23 rings (SSSR count). The fraction of sp³-hybridized carbons (Fsp3) is 0.589. The number of ether oxygens (including phenoxy) is 4. The van der Waals surface area contributed by atoms with E-state index in [9.17, 15) is 75.8 Å². The zero-order valence-corrected chi connectivity index (χ0v) is 87.0. The van der Waals surface area contributed by atoms with Crippen LogP contribution in [0.2, 0.25) is 5.02 Å². The molecular formula is C95H108BBr3ClF15N24O8. The molecule has 32 nitrogen and oxygen atoms in total. The highest BCUT2D eigenvalue weighted by Gasteiger charge is 2.68. The Morgan fingerprint density at radius 3 is 1.05 bits per heavy atom. The van der Waals surface area contributed by atoms with Gasteiger partial charge in [-0.25, -0.2) is 4.98 Å². The van der Waals surface area contributed by atoms with Gasteiger partial charge in [-0.15, -0.1) is 51.0 Å². The topological polar surface area (TPSA) is 314 Å².